The summed E-state index contributed by atoms with van der Waals surface area (Å²) in [6, 6.07) is 9.37. The van der Waals surface area contributed by atoms with E-state index in [0.717, 1.165) is 5.56 Å². The Morgan fingerprint density at radius 1 is 1.29 bits per heavy atom. The van der Waals surface area contributed by atoms with Crippen LogP contribution in [0, 0.1) is 13.8 Å². The third kappa shape index (κ3) is 2.37. The number of aromatic nitrogens is 2. The summed E-state index contributed by atoms with van der Waals surface area (Å²) in [4.78, 5) is 0.244. The van der Waals surface area contributed by atoms with Gasteiger partial charge in [0.2, 0.25) is 10.0 Å². The van der Waals surface area contributed by atoms with Gasteiger partial charge in [0.1, 0.15) is 11.1 Å². The van der Waals surface area contributed by atoms with Crippen molar-refractivity contribution in [3.63, 3.8) is 0 Å². The summed E-state index contributed by atoms with van der Waals surface area (Å²) in [5.74, 6) is 0. The largest absolute Gasteiger partial charge is 0.356 e. The Labute approximate surface area is 123 Å². The second-order valence-corrected chi connectivity index (χ2v) is 6.84. The first-order valence-corrected chi connectivity index (χ1v) is 8.16. The lowest BCUT2D eigenvalue weighted by atomic mass is 10.2. The minimum atomic E-state index is -3.64. The number of hydrogen-bond acceptors (Lipinski definition) is 4. The lowest BCUT2D eigenvalue weighted by molar-refractivity contribution is 0.0683. The number of hydrogen-bond donors (Lipinski definition) is 1. The van der Waals surface area contributed by atoms with E-state index in [-0.39, 0.29) is 4.90 Å². The maximum atomic E-state index is 12.9. The summed E-state index contributed by atoms with van der Waals surface area (Å²) in [7, 11) is -3.64. The summed E-state index contributed by atoms with van der Waals surface area (Å²) in [6.07, 6.45) is -0.579. The Morgan fingerprint density at radius 3 is 2.62 bits per heavy atom. The molecule has 1 fully saturated rings. The smallest absolute Gasteiger partial charge is 0.249 e. The quantitative estimate of drug-likeness (QED) is 0.937. The highest BCUT2D eigenvalue weighted by Gasteiger charge is 2.39. The number of H-pyrrole nitrogens is 1. The molecule has 21 heavy (non-hydrogen) atoms. The van der Waals surface area contributed by atoms with Crippen LogP contribution in [0.4, 0.5) is 0 Å². The predicted octanol–water partition coefficient (Wildman–Crippen LogP) is 1.75. The first-order chi connectivity index (χ1) is 10.0. The van der Waals surface area contributed by atoms with Gasteiger partial charge in [-0.3, -0.25) is 5.10 Å². The topological polar surface area (TPSA) is 75.3 Å². The number of benzene rings is 1. The van der Waals surface area contributed by atoms with Crippen LogP contribution in [0.2, 0.25) is 0 Å². The van der Waals surface area contributed by atoms with Crippen molar-refractivity contribution >= 4 is 10.0 Å². The van der Waals surface area contributed by atoms with Gasteiger partial charge in [0, 0.05) is 6.54 Å². The summed E-state index contributed by atoms with van der Waals surface area (Å²) in [5.41, 5.74) is 1.86. The van der Waals surface area contributed by atoms with Gasteiger partial charge in [-0.15, -0.1) is 0 Å². The molecular formula is C14H17N3O3S. The number of aromatic amines is 1. The summed E-state index contributed by atoms with van der Waals surface area (Å²) < 4.78 is 32.8. The van der Waals surface area contributed by atoms with Crippen LogP contribution in [0.15, 0.2) is 35.2 Å². The third-order valence-electron chi connectivity index (χ3n) is 3.56. The number of nitrogens with one attached hydrogen (secondary N) is 1. The summed E-state index contributed by atoms with van der Waals surface area (Å²) >= 11 is 0. The van der Waals surface area contributed by atoms with Gasteiger partial charge in [0.15, 0.2) is 0 Å². The maximum Gasteiger partial charge on any atom is 0.249 e. The number of nitrogens with zero attached hydrogens (tertiary/aromatic N) is 2. The zero-order valence-corrected chi connectivity index (χ0v) is 12.7. The zero-order valence-electron chi connectivity index (χ0n) is 11.9. The van der Waals surface area contributed by atoms with E-state index < -0.39 is 16.3 Å². The van der Waals surface area contributed by atoms with E-state index in [1.165, 1.54) is 4.31 Å². The Bertz CT molecular complexity index is 721. The highest BCUT2D eigenvalue weighted by atomic mass is 32.2. The highest BCUT2D eigenvalue weighted by molar-refractivity contribution is 7.89. The van der Waals surface area contributed by atoms with Gasteiger partial charge in [-0.25, -0.2) is 8.42 Å². The van der Waals surface area contributed by atoms with E-state index in [4.69, 9.17) is 4.74 Å². The maximum absolute atomic E-state index is 12.9. The fraction of sp³-hybridized carbons (Fsp3) is 0.357. The van der Waals surface area contributed by atoms with Crippen LogP contribution in [-0.2, 0) is 14.8 Å². The molecule has 1 aliphatic rings. The molecule has 1 aromatic heterocycles. The standard InChI is InChI=1S/C14H17N3O3S/c1-10-13(11(2)16-15-10)21(18,19)17-8-9-20-14(17)12-6-4-3-5-7-12/h3-7,14H,8-9H2,1-2H3,(H,15,16). The van der Waals surface area contributed by atoms with E-state index in [0.29, 0.717) is 24.5 Å². The van der Waals surface area contributed by atoms with Crippen molar-refractivity contribution in [3.05, 3.63) is 47.3 Å². The van der Waals surface area contributed by atoms with Crippen LogP contribution in [0.3, 0.4) is 0 Å². The molecule has 0 radical (unpaired) electrons. The number of rotatable bonds is 3. The van der Waals surface area contributed by atoms with Gasteiger partial charge >= 0.3 is 0 Å². The molecule has 3 rings (SSSR count). The molecule has 2 aromatic rings. The molecule has 1 aromatic carbocycles. The highest BCUT2D eigenvalue weighted by Crippen LogP contribution is 2.33. The normalized spacial score (nSPS) is 20.0. The second kappa shape index (κ2) is 5.25. The SMILES string of the molecule is Cc1n[nH]c(C)c1S(=O)(=O)N1CCOC1c1ccccc1. The van der Waals surface area contributed by atoms with Crippen molar-refractivity contribution in [2.45, 2.75) is 25.0 Å². The molecule has 0 bridgehead atoms. The molecule has 1 saturated heterocycles. The molecule has 0 spiro atoms. The number of aryl methyl sites for hydroxylation is 2. The fourth-order valence-electron chi connectivity index (χ4n) is 2.62. The van der Waals surface area contributed by atoms with Crippen LogP contribution in [-0.4, -0.2) is 36.1 Å². The predicted molar refractivity (Wildman–Crippen MR) is 77.1 cm³/mol. The first kappa shape index (κ1) is 14.2. The van der Waals surface area contributed by atoms with E-state index in [1.807, 2.05) is 30.3 Å². The lowest BCUT2D eigenvalue weighted by Gasteiger charge is -2.23. The van der Waals surface area contributed by atoms with E-state index in [9.17, 15) is 8.42 Å². The molecule has 1 unspecified atom stereocenters. The Kier molecular flexibility index (Phi) is 3.56. The third-order valence-corrected chi connectivity index (χ3v) is 5.67. The summed E-state index contributed by atoms with van der Waals surface area (Å²) in [6.45, 7) is 4.12. The molecule has 6 nitrogen and oxygen atoms in total. The first-order valence-electron chi connectivity index (χ1n) is 6.72. The van der Waals surface area contributed by atoms with Crippen LogP contribution in [0.5, 0.6) is 0 Å². The molecule has 1 N–H and O–H groups in total. The molecule has 1 atom stereocenters. The average Bonchev–Trinajstić information content (AvgIpc) is 3.07. The molecule has 1 aliphatic heterocycles. The molecule has 112 valence electrons. The second-order valence-electron chi connectivity index (χ2n) is 5.01. The molecule has 0 amide bonds. The monoisotopic (exact) mass is 307 g/mol. The van der Waals surface area contributed by atoms with Crippen molar-refractivity contribution in [1.29, 1.82) is 0 Å². The van der Waals surface area contributed by atoms with Gasteiger partial charge in [-0.05, 0) is 19.4 Å². The van der Waals surface area contributed by atoms with Crippen LogP contribution in [0.25, 0.3) is 0 Å². The number of ether oxygens (including phenoxy) is 1. The van der Waals surface area contributed by atoms with Gasteiger partial charge in [0.05, 0.1) is 18.0 Å². The molecule has 2 heterocycles. The minimum absolute atomic E-state index is 0.244. The van der Waals surface area contributed by atoms with E-state index in [2.05, 4.69) is 10.2 Å². The van der Waals surface area contributed by atoms with Gasteiger partial charge in [-0.2, -0.15) is 9.40 Å². The Balaban J connectivity index is 2.03. The molecule has 7 heteroatoms. The average molecular weight is 307 g/mol. The minimum Gasteiger partial charge on any atom is -0.356 e. The van der Waals surface area contributed by atoms with Crippen LogP contribution < -0.4 is 0 Å². The molecule has 0 aliphatic carbocycles. The summed E-state index contributed by atoms with van der Waals surface area (Å²) in [5, 5.41) is 6.70. The van der Waals surface area contributed by atoms with Gasteiger partial charge in [-0.1, -0.05) is 30.3 Å². The Hall–Kier alpha value is -1.70. The van der Waals surface area contributed by atoms with Crippen molar-refractivity contribution in [2.24, 2.45) is 0 Å². The van der Waals surface area contributed by atoms with Crippen molar-refractivity contribution < 1.29 is 13.2 Å². The van der Waals surface area contributed by atoms with E-state index in [1.54, 1.807) is 13.8 Å². The van der Waals surface area contributed by atoms with Crippen molar-refractivity contribution in [2.75, 3.05) is 13.2 Å². The zero-order chi connectivity index (χ0) is 15.0. The van der Waals surface area contributed by atoms with Gasteiger partial charge < -0.3 is 4.74 Å². The van der Waals surface area contributed by atoms with E-state index >= 15 is 0 Å². The molecular weight excluding hydrogens is 290 g/mol. The van der Waals surface area contributed by atoms with Crippen LogP contribution >= 0.6 is 0 Å². The molecule has 0 saturated carbocycles. The van der Waals surface area contributed by atoms with Crippen LogP contribution in [0.1, 0.15) is 23.2 Å². The fourth-order valence-corrected chi connectivity index (χ4v) is 4.45. The Morgan fingerprint density at radius 2 is 2.00 bits per heavy atom. The van der Waals surface area contributed by atoms with Crippen molar-refractivity contribution in [3.8, 4) is 0 Å². The lowest BCUT2D eigenvalue weighted by Crippen LogP contribution is -2.31. The van der Waals surface area contributed by atoms with Crippen molar-refractivity contribution in [1.82, 2.24) is 14.5 Å². The van der Waals surface area contributed by atoms with Gasteiger partial charge in [0.25, 0.3) is 0 Å². The number of sulfonamides is 1.